The summed E-state index contributed by atoms with van der Waals surface area (Å²) in [7, 11) is 0. The summed E-state index contributed by atoms with van der Waals surface area (Å²) in [5, 5.41) is 12.9. The standard InChI is InChI=1S/C31H40O10/c1-9-15(2)28(36)41-26-16(3)12-30-17(4)10-23-24(29(23,8)14-39-19(6)33)22(25(30)35)11-21(13-38-18(5)32)27(31(26,30)37)40-20(7)34/h9,11-12,17,22-24,26-27,37H,10,13-14H2,1-8H3/b15-9-/t17-,22+,23-,24+,26+,27-,29-,30+,31-/m1/s1. The van der Waals surface area contributed by atoms with Crippen molar-refractivity contribution in [2.24, 2.45) is 34.5 Å². The fourth-order valence-electron chi connectivity index (χ4n) is 7.68. The monoisotopic (exact) mass is 572 g/mol. The van der Waals surface area contributed by atoms with E-state index < -0.39 is 64.4 Å². The van der Waals surface area contributed by atoms with E-state index in [0.717, 1.165) is 0 Å². The van der Waals surface area contributed by atoms with Gasteiger partial charge in [-0.3, -0.25) is 19.2 Å². The van der Waals surface area contributed by atoms with Crippen molar-refractivity contribution in [2.75, 3.05) is 13.2 Å². The van der Waals surface area contributed by atoms with Crippen LogP contribution in [0.1, 0.15) is 61.8 Å². The molecule has 0 heterocycles. The van der Waals surface area contributed by atoms with Crippen LogP contribution in [0.2, 0.25) is 0 Å². The molecule has 224 valence electrons. The van der Waals surface area contributed by atoms with Gasteiger partial charge in [-0.2, -0.15) is 0 Å². The van der Waals surface area contributed by atoms with Gasteiger partial charge in [-0.1, -0.05) is 32.1 Å². The van der Waals surface area contributed by atoms with Crippen LogP contribution in [0.25, 0.3) is 0 Å². The summed E-state index contributed by atoms with van der Waals surface area (Å²) in [5.41, 5.74) is -3.35. The van der Waals surface area contributed by atoms with Crippen LogP contribution in [0, 0.1) is 34.5 Å². The van der Waals surface area contributed by atoms with Gasteiger partial charge in [0.05, 0.1) is 12.0 Å². The number of Topliss-reactive ketones (excluding diaryl/α,β-unsaturated/α-hetero) is 1. The Bertz CT molecular complexity index is 1280. The second-order valence-corrected chi connectivity index (χ2v) is 12.3. The van der Waals surface area contributed by atoms with E-state index >= 15 is 0 Å². The number of ketones is 1. The van der Waals surface area contributed by atoms with Gasteiger partial charge >= 0.3 is 23.9 Å². The van der Waals surface area contributed by atoms with Gasteiger partial charge < -0.3 is 24.1 Å². The minimum atomic E-state index is -2.23. The zero-order valence-corrected chi connectivity index (χ0v) is 24.9. The van der Waals surface area contributed by atoms with Crippen LogP contribution in [0.3, 0.4) is 0 Å². The minimum absolute atomic E-state index is 0.0218. The molecule has 2 fully saturated rings. The number of hydrogen-bond donors (Lipinski definition) is 1. The molecule has 2 saturated carbocycles. The molecule has 0 radical (unpaired) electrons. The molecular formula is C31H40O10. The van der Waals surface area contributed by atoms with E-state index in [2.05, 4.69) is 0 Å². The Kier molecular flexibility index (Phi) is 7.88. The van der Waals surface area contributed by atoms with Crippen LogP contribution in [0.4, 0.5) is 0 Å². The van der Waals surface area contributed by atoms with E-state index in [1.807, 2.05) is 13.8 Å². The summed E-state index contributed by atoms with van der Waals surface area (Å²) >= 11 is 0. The first kappa shape index (κ1) is 30.7. The number of carbonyl (C=O) groups excluding carboxylic acids is 5. The molecule has 10 nitrogen and oxygen atoms in total. The first-order chi connectivity index (χ1) is 19.1. The number of carbonyl (C=O) groups is 5. The maximum atomic E-state index is 14.9. The van der Waals surface area contributed by atoms with Gasteiger partial charge in [-0.25, -0.2) is 4.79 Å². The van der Waals surface area contributed by atoms with Crippen LogP contribution < -0.4 is 0 Å². The molecule has 0 amide bonds. The Hall–Kier alpha value is -3.27. The van der Waals surface area contributed by atoms with Crippen LogP contribution in [0.15, 0.2) is 34.9 Å². The fourth-order valence-corrected chi connectivity index (χ4v) is 7.68. The molecule has 1 spiro atoms. The lowest BCUT2D eigenvalue weighted by Gasteiger charge is -2.49. The van der Waals surface area contributed by atoms with Crippen molar-refractivity contribution in [3.63, 3.8) is 0 Å². The van der Waals surface area contributed by atoms with Gasteiger partial charge in [0.2, 0.25) is 0 Å². The molecule has 4 aliphatic carbocycles. The maximum Gasteiger partial charge on any atom is 0.334 e. The topological polar surface area (TPSA) is 143 Å². The van der Waals surface area contributed by atoms with Crippen molar-refractivity contribution in [3.05, 3.63) is 34.9 Å². The Morgan fingerprint density at radius 2 is 1.66 bits per heavy atom. The molecule has 0 aromatic carbocycles. The van der Waals surface area contributed by atoms with Gasteiger partial charge in [0.15, 0.2) is 23.6 Å². The third-order valence-corrected chi connectivity index (χ3v) is 9.77. The average Bonchev–Trinajstić information content (AvgIpc) is 3.43. The number of aliphatic hydroxyl groups is 1. The SMILES string of the molecule is C/C=C(/C)C(=O)O[C@H]1C(C)=C[C@]23C(=O)[C@@H](C=C(COC(C)=O)[C@@H](OC(C)=O)[C@]12O)[C@H]1[C@@H](C[C@H]3C)[C@@]1(C)COC(C)=O. The summed E-state index contributed by atoms with van der Waals surface area (Å²) in [6.45, 7) is 12.3. The second-order valence-electron chi connectivity index (χ2n) is 12.3. The molecule has 10 heteroatoms. The highest BCUT2D eigenvalue weighted by Crippen LogP contribution is 2.72. The van der Waals surface area contributed by atoms with Crippen LogP contribution >= 0.6 is 0 Å². The summed E-state index contributed by atoms with van der Waals surface area (Å²) in [5.74, 6) is -4.28. The predicted molar refractivity (Wildman–Crippen MR) is 145 cm³/mol. The van der Waals surface area contributed by atoms with E-state index in [0.29, 0.717) is 17.6 Å². The minimum Gasteiger partial charge on any atom is -0.465 e. The smallest absolute Gasteiger partial charge is 0.334 e. The van der Waals surface area contributed by atoms with E-state index in [9.17, 15) is 29.1 Å². The number of fused-ring (bicyclic) bond motifs is 3. The molecule has 0 aromatic heterocycles. The summed E-state index contributed by atoms with van der Waals surface area (Å²) in [6.07, 6.45) is 2.61. The lowest BCUT2D eigenvalue weighted by Crippen LogP contribution is -2.66. The highest BCUT2D eigenvalue weighted by molar-refractivity contribution is 5.96. The van der Waals surface area contributed by atoms with E-state index in [1.54, 1.807) is 39.0 Å². The molecule has 0 saturated heterocycles. The van der Waals surface area contributed by atoms with Crippen molar-refractivity contribution in [2.45, 2.75) is 79.6 Å². The first-order valence-electron chi connectivity index (χ1n) is 14.0. The quantitative estimate of drug-likeness (QED) is 0.209. The molecule has 4 rings (SSSR count). The van der Waals surface area contributed by atoms with Crippen molar-refractivity contribution in [1.82, 2.24) is 0 Å². The molecule has 1 N–H and O–H groups in total. The van der Waals surface area contributed by atoms with Crippen LogP contribution in [0.5, 0.6) is 0 Å². The Labute approximate surface area is 240 Å². The normalized spacial score (nSPS) is 39.1. The fraction of sp³-hybridized carbons (Fsp3) is 0.645. The molecule has 0 unspecified atom stereocenters. The van der Waals surface area contributed by atoms with E-state index in [-0.39, 0.29) is 36.4 Å². The van der Waals surface area contributed by atoms with E-state index in [1.165, 1.54) is 20.8 Å². The van der Waals surface area contributed by atoms with Crippen molar-refractivity contribution in [3.8, 4) is 0 Å². The first-order valence-corrected chi connectivity index (χ1v) is 14.0. The largest absolute Gasteiger partial charge is 0.465 e. The Morgan fingerprint density at radius 3 is 2.22 bits per heavy atom. The molecule has 41 heavy (non-hydrogen) atoms. The molecule has 2 bridgehead atoms. The number of ether oxygens (including phenoxy) is 4. The molecule has 4 aliphatic rings. The molecule has 9 atom stereocenters. The lowest BCUT2D eigenvalue weighted by molar-refractivity contribution is -0.211. The molecular weight excluding hydrogens is 532 g/mol. The predicted octanol–water partition coefficient (Wildman–Crippen LogP) is 3.02. The zero-order valence-electron chi connectivity index (χ0n) is 24.9. The van der Waals surface area contributed by atoms with E-state index in [4.69, 9.17) is 18.9 Å². The average molecular weight is 573 g/mol. The van der Waals surface area contributed by atoms with Crippen molar-refractivity contribution >= 4 is 29.7 Å². The summed E-state index contributed by atoms with van der Waals surface area (Å²) < 4.78 is 22.4. The molecule has 0 aliphatic heterocycles. The zero-order chi connectivity index (χ0) is 30.7. The number of hydrogen-bond acceptors (Lipinski definition) is 10. The lowest BCUT2D eigenvalue weighted by atomic mass is 9.59. The van der Waals surface area contributed by atoms with Gasteiger partial charge in [0.1, 0.15) is 6.61 Å². The third-order valence-electron chi connectivity index (χ3n) is 9.77. The maximum absolute atomic E-state index is 14.9. The summed E-state index contributed by atoms with van der Waals surface area (Å²) in [4.78, 5) is 64.0. The highest BCUT2D eigenvalue weighted by Gasteiger charge is 2.78. The van der Waals surface area contributed by atoms with Crippen LogP contribution in [-0.4, -0.2) is 65.8 Å². The van der Waals surface area contributed by atoms with Crippen LogP contribution in [-0.2, 0) is 42.9 Å². The third kappa shape index (κ3) is 4.64. The Balaban J connectivity index is 1.95. The number of allylic oxidation sites excluding steroid dienone is 2. The Morgan fingerprint density at radius 1 is 1.02 bits per heavy atom. The number of rotatable bonds is 7. The van der Waals surface area contributed by atoms with Crippen molar-refractivity contribution < 1.29 is 48.0 Å². The highest BCUT2D eigenvalue weighted by atomic mass is 16.6. The van der Waals surface area contributed by atoms with Gasteiger partial charge in [0, 0.05) is 43.3 Å². The summed E-state index contributed by atoms with van der Waals surface area (Å²) in [6, 6.07) is 0. The van der Waals surface area contributed by atoms with Gasteiger partial charge in [0.25, 0.3) is 0 Å². The van der Waals surface area contributed by atoms with Crippen molar-refractivity contribution in [1.29, 1.82) is 0 Å². The second kappa shape index (κ2) is 10.5. The van der Waals surface area contributed by atoms with Gasteiger partial charge in [-0.05, 0) is 50.5 Å². The molecule has 0 aromatic rings. The number of esters is 4. The van der Waals surface area contributed by atoms with Gasteiger partial charge in [-0.15, -0.1) is 0 Å².